The van der Waals surface area contributed by atoms with E-state index < -0.39 is 0 Å². The number of anilines is 1. The Balaban J connectivity index is 1.93. The molecule has 0 bridgehead atoms. The topological polar surface area (TPSA) is 7.12 Å². The smallest absolute Gasteiger partial charge is 0.263 e. The summed E-state index contributed by atoms with van der Waals surface area (Å²) in [6.07, 6.45) is 9.67. The quantitative estimate of drug-likeness (QED) is 0.525. The molecule has 0 aliphatic rings. The minimum atomic E-state index is 0.551. The highest BCUT2D eigenvalue weighted by Crippen LogP contribution is 2.21. The molecule has 1 heterocycles. The van der Waals surface area contributed by atoms with E-state index >= 15 is 0 Å². The van der Waals surface area contributed by atoms with E-state index in [4.69, 9.17) is 6.42 Å². The van der Waals surface area contributed by atoms with Crippen molar-refractivity contribution in [1.29, 1.82) is 0 Å². The molecule has 3 rings (SSSR count). The third-order valence-corrected chi connectivity index (χ3v) is 4.70. The van der Waals surface area contributed by atoms with Gasteiger partial charge < -0.3 is 4.90 Å². The van der Waals surface area contributed by atoms with Gasteiger partial charge in [0.1, 0.15) is 11.7 Å². The molecule has 0 fully saturated rings. The van der Waals surface area contributed by atoms with E-state index in [2.05, 4.69) is 71.1 Å². The van der Waals surface area contributed by atoms with Gasteiger partial charge in [-0.2, -0.15) is 4.57 Å². The number of para-hydroxylation sites is 2. The number of nitrogens with zero attached hydrogens (tertiary/aromatic N) is 2. The van der Waals surface area contributed by atoms with Crippen molar-refractivity contribution in [3.8, 4) is 12.3 Å². The van der Waals surface area contributed by atoms with Crippen LogP contribution < -0.4 is 9.47 Å². The largest absolute Gasteiger partial charge is 0.336 e. The van der Waals surface area contributed by atoms with Crippen molar-refractivity contribution in [2.24, 2.45) is 7.05 Å². The van der Waals surface area contributed by atoms with E-state index in [0.29, 0.717) is 6.54 Å². The molecule has 3 heteroatoms. The Morgan fingerprint density at radius 2 is 1.86 bits per heavy atom. The second-order valence-corrected chi connectivity index (χ2v) is 6.01. The maximum atomic E-state index is 5.50. The first-order valence-electron chi connectivity index (χ1n) is 7.10. The highest BCUT2D eigenvalue weighted by atomic mass is 32.1. The van der Waals surface area contributed by atoms with Crippen LogP contribution in [0, 0.1) is 12.3 Å². The summed E-state index contributed by atoms with van der Waals surface area (Å²) in [6, 6.07) is 18.6. The molecule has 0 aliphatic carbocycles. The number of hydrogen-bond acceptors (Lipinski definition) is 2. The zero-order valence-electron chi connectivity index (χ0n) is 12.4. The fourth-order valence-corrected chi connectivity index (χ4v) is 3.41. The molecule has 0 saturated carbocycles. The maximum absolute atomic E-state index is 5.50. The number of benzene rings is 2. The summed E-state index contributed by atoms with van der Waals surface area (Å²) in [5, 5.41) is 1.19. The highest BCUT2D eigenvalue weighted by molar-refractivity contribution is 7.18. The monoisotopic (exact) mass is 305 g/mol. The minimum Gasteiger partial charge on any atom is -0.336 e. The lowest BCUT2D eigenvalue weighted by Gasteiger charge is -2.16. The number of hydrogen-bond donors (Lipinski definition) is 0. The van der Waals surface area contributed by atoms with E-state index in [-0.39, 0.29) is 0 Å². The van der Waals surface area contributed by atoms with Gasteiger partial charge in [0, 0.05) is 24.0 Å². The SMILES string of the molecule is C#CCN(C=Cc1sc2ccccc2[n+]1C)c1ccccc1. The van der Waals surface area contributed by atoms with Gasteiger partial charge in [-0.05, 0) is 18.2 Å². The van der Waals surface area contributed by atoms with E-state index in [1.165, 1.54) is 15.2 Å². The van der Waals surface area contributed by atoms with Crippen molar-refractivity contribution in [3.05, 3.63) is 65.8 Å². The summed E-state index contributed by atoms with van der Waals surface area (Å²) in [5.41, 5.74) is 2.34. The molecule has 1 aromatic heterocycles. The molecule has 22 heavy (non-hydrogen) atoms. The normalized spacial score (nSPS) is 10.9. The lowest BCUT2D eigenvalue weighted by molar-refractivity contribution is -0.642. The van der Waals surface area contributed by atoms with E-state index in [1.54, 1.807) is 11.3 Å². The first-order chi connectivity index (χ1) is 10.8. The number of fused-ring (bicyclic) bond motifs is 1. The molecule has 108 valence electrons. The second kappa shape index (κ2) is 6.46. The Morgan fingerprint density at radius 3 is 2.59 bits per heavy atom. The predicted molar refractivity (Wildman–Crippen MR) is 94.7 cm³/mol. The Bertz CT molecular complexity index is 841. The summed E-state index contributed by atoms with van der Waals surface area (Å²) in [4.78, 5) is 2.07. The summed E-state index contributed by atoms with van der Waals surface area (Å²) in [5.74, 6) is 2.72. The van der Waals surface area contributed by atoms with Crippen LogP contribution in [0.15, 0.2) is 60.8 Å². The molecule has 0 saturated heterocycles. The summed E-state index contributed by atoms with van der Waals surface area (Å²) in [6.45, 7) is 0.551. The van der Waals surface area contributed by atoms with Gasteiger partial charge in [0.2, 0.25) is 5.52 Å². The fraction of sp³-hybridized carbons (Fsp3) is 0.105. The number of terminal acetylenes is 1. The second-order valence-electron chi connectivity index (χ2n) is 4.95. The molecule has 0 spiro atoms. The third-order valence-electron chi connectivity index (χ3n) is 3.52. The van der Waals surface area contributed by atoms with Gasteiger partial charge in [0.15, 0.2) is 0 Å². The maximum Gasteiger partial charge on any atom is 0.263 e. The van der Waals surface area contributed by atoms with Gasteiger partial charge in [-0.3, -0.25) is 0 Å². The van der Waals surface area contributed by atoms with Crippen molar-refractivity contribution < 1.29 is 4.57 Å². The van der Waals surface area contributed by atoms with Gasteiger partial charge in [0.25, 0.3) is 5.01 Å². The van der Waals surface area contributed by atoms with Crippen molar-refractivity contribution in [2.75, 3.05) is 11.4 Å². The van der Waals surface area contributed by atoms with Gasteiger partial charge in [-0.25, -0.2) is 0 Å². The lowest BCUT2D eigenvalue weighted by Crippen LogP contribution is -2.29. The molecule has 0 radical (unpaired) electrons. The lowest BCUT2D eigenvalue weighted by atomic mass is 10.3. The van der Waals surface area contributed by atoms with Gasteiger partial charge >= 0.3 is 0 Å². The van der Waals surface area contributed by atoms with Crippen LogP contribution in [0.1, 0.15) is 5.01 Å². The summed E-state index contributed by atoms with van der Waals surface area (Å²) < 4.78 is 3.49. The zero-order chi connectivity index (χ0) is 15.4. The number of rotatable bonds is 4. The molecular formula is C19H17N2S+. The van der Waals surface area contributed by atoms with Crippen molar-refractivity contribution in [2.45, 2.75) is 0 Å². The molecule has 0 N–H and O–H groups in total. The first-order valence-corrected chi connectivity index (χ1v) is 7.92. The van der Waals surface area contributed by atoms with Gasteiger partial charge in [-0.15, -0.1) is 6.42 Å². The van der Waals surface area contributed by atoms with Crippen LogP contribution >= 0.6 is 11.3 Å². The van der Waals surface area contributed by atoms with Crippen LogP contribution in [0.5, 0.6) is 0 Å². The molecule has 3 aromatic rings. The van der Waals surface area contributed by atoms with Gasteiger partial charge in [-0.1, -0.05) is 47.6 Å². The number of aryl methyl sites for hydroxylation is 1. The minimum absolute atomic E-state index is 0.551. The van der Waals surface area contributed by atoms with Crippen molar-refractivity contribution in [3.63, 3.8) is 0 Å². The molecule has 0 unspecified atom stereocenters. The van der Waals surface area contributed by atoms with Crippen LogP contribution in [-0.4, -0.2) is 6.54 Å². The Hall–Kier alpha value is -2.57. The molecule has 0 amide bonds. The van der Waals surface area contributed by atoms with Crippen LogP contribution in [0.4, 0.5) is 5.69 Å². The first kappa shape index (κ1) is 14.4. The van der Waals surface area contributed by atoms with E-state index in [0.717, 1.165) is 5.69 Å². The number of thiazole rings is 1. The van der Waals surface area contributed by atoms with Gasteiger partial charge in [0.05, 0.1) is 6.54 Å². The van der Waals surface area contributed by atoms with Crippen LogP contribution in [0.3, 0.4) is 0 Å². The molecule has 0 aliphatic heterocycles. The molecular weight excluding hydrogens is 288 g/mol. The fourth-order valence-electron chi connectivity index (χ4n) is 2.37. The Morgan fingerprint density at radius 1 is 1.14 bits per heavy atom. The van der Waals surface area contributed by atoms with E-state index in [9.17, 15) is 0 Å². The average Bonchev–Trinajstić information content (AvgIpc) is 2.89. The average molecular weight is 305 g/mol. The standard InChI is InChI=1S/C19H17N2S/c1-3-14-21(16-9-5-4-6-10-16)15-13-19-20(2)17-11-7-8-12-18(17)22-19/h1,4-13,15H,14H2,2H3/q+1. The van der Waals surface area contributed by atoms with Crippen LogP contribution in [0.25, 0.3) is 16.3 Å². The summed E-state index contributed by atoms with van der Waals surface area (Å²) in [7, 11) is 2.09. The Labute approximate surface area is 134 Å². The Kier molecular flexibility index (Phi) is 4.22. The molecule has 2 nitrogen and oxygen atoms in total. The van der Waals surface area contributed by atoms with Crippen molar-refractivity contribution in [1.82, 2.24) is 0 Å². The highest BCUT2D eigenvalue weighted by Gasteiger charge is 2.13. The van der Waals surface area contributed by atoms with Crippen LogP contribution in [-0.2, 0) is 7.05 Å². The van der Waals surface area contributed by atoms with E-state index in [1.807, 2.05) is 18.2 Å². The zero-order valence-corrected chi connectivity index (χ0v) is 13.3. The number of aromatic nitrogens is 1. The van der Waals surface area contributed by atoms with Crippen molar-refractivity contribution >= 4 is 33.3 Å². The predicted octanol–water partition coefficient (Wildman–Crippen LogP) is 3.84. The third kappa shape index (κ3) is 2.88. The van der Waals surface area contributed by atoms with Crippen LogP contribution in [0.2, 0.25) is 0 Å². The molecule has 0 atom stereocenters. The molecule has 2 aromatic carbocycles. The summed E-state index contributed by atoms with van der Waals surface area (Å²) >= 11 is 1.78.